The van der Waals surface area contributed by atoms with E-state index in [9.17, 15) is 10.2 Å². The van der Waals surface area contributed by atoms with Crippen LogP contribution in [0.2, 0.25) is 0 Å². The van der Waals surface area contributed by atoms with E-state index in [2.05, 4.69) is 9.97 Å². The molecule has 12 heterocycles. The Hall–Kier alpha value is -4.04. The van der Waals surface area contributed by atoms with Crippen molar-refractivity contribution in [1.82, 2.24) is 19.9 Å². The number of fused-ring (bicyclic) bond motifs is 8. The fourth-order valence-electron chi connectivity index (χ4n) is 12.4. The summed E-state index contributed by atoms with van der Waals surface area (Å²) in [5.41, 5.74) is 7.44. The molecule has 12 atom stereocenters. The van der Waals surface area contributed by atoms with Crippen LogP contribution in [0.3, 0.4) is 0 Å². The lowest BCUT2D eigenvalue weighted by molar-refractivity contribution is -0.174. The number of ether oxygens (including phenoxy) is 14. The molecule has 0 spiro atoms. The van der Waals surface area contributed by atoms with E-state index < -0.39 is 120 Å². The van der Waals surface area contributed by atoms with Crippen molar-refractivity contribution >= 4 is 46.4 Å². The molecule has 9 aliphatic heterocycles. The number of aromatic amines is 2. The van der Waals surface area contributed by atoms with Gasteiger partial charge < -0.3 is 86.5 Å². The Bertz CT molecular complexity index is 2890. The van der Waals surface area contributed by atoms with Crippen molar-refractivity contribution in [3.8, 4) is 0 Å². The molecule has 7 saturated heterocycles. The van der Waals surface area contributed by atoms with Gasteiger partial charge in [-0.25, -0.2) is 9.97 Å². The van der Waals surface area contributed by atoms with Gasteiger partial charge in [-0.3, -0.25) is 0 Å². The second-order valence-electron chi connectivity index (χ2n) is 24.6. The number of rotatable bonds is 9. The number of aliphatic hydroxyl groups excluding tert-OH is 2. The van der Waals surface area contributed by atoms with E-state index in [0.717, 1.165) is 0 Å². The van der Waals surface area contributed by atoms with Crippen molar-refractivity contribution in [3.05, 3.63) is 69.3 Å². The monoisotopic (exact) mass is 1070 g/mol. The zero-order valence-electron chi connectivity index (χ0n) is 46.4. The van der Waals surface area contributed by atoms with Crippen molar-refractivity contribution in [2.75, 3.05) is 26.4 Å². The maximum absolute atomic E-state index is 11.5. The van der Waals surface area contributed by atoms with Crippen molar-refractivity contribution in [2.45, 2.75) is 211 Å². The average Bonchev–Trinajstić information content (AvgIpc) is 4.21. The van der Waals surface area contributed by atoms with E-state index in [1.807, 2.05) is 132 Å². The van der Waals surface area contributed by atoms with Crippen LogP contribution in [-0.2, 0) is 66.3 Å². The van der Waals surface area contributed by atoms with E-state index in [1.165, 1.54) is 0 Å². The van der Waals surface area contributed by atoms with E-state index >= 15 is 0 Å². The number of aromatic nitrogens is 4. The number of hydrogen-bond acceptors (Lipinski definition) is 18. The Morgan fingerprint density at radius 1 is 0.416 bits per heavy atom. The Labute approximate surface area is 447 Å². The molecule has 7 fully saturated rings. The van der Waals surface area contributed by atoms with Crippen LogP contribution in [-0.4, -0.2) is 146 Å². The summed E-state index contributed by atoms with van der Waals surface area (Å²) in [6, 6.07) is 7.86. The summed E-state index contributed by atoms with van der Waals surface area (Å²) in [6.45, 7) is 26.4. The highest BCUT2D eigenvalue weighted by atomic mass is 16.8. The van der Waals surface area contributed by atoms with Gasteiger partial charge in [-0.1, -0.05) is 0 Å². The first-order valence-corrected chi connectivity index (χ1v) is 26.9. The largest absolute Gasteiger partial charge is 0.394 e. The fraction of sp³-hybridized carbons (Fsp3) is 0.649. The molecule has 8 bridgehead atoms. The fourth-order valence-corrected chi connectivity index (χ4v) is 12.4. The highest BCUT2D eigenvalue weighted by Crippen LogP contribution is 2.51. The maximum atomic E-state index is 11.5. The second kappa shape index (κ2) is 18.5. The van der Waals surface area contributed by atoms with Crippen molar-refractivity contribution < 1.29 is 76.5 Å². The normalized spacial score (nSPS) is 35.4. The lowest BCUT2D eigenvalue weighted by Gasteiger charge is -2.25. The predicted molar refractivity (Wildman–Crippen MR) is 278 cm³/mol. The smallest absolute Gasteiger partial charge is 0.164 e. The molecule has 0 radical (unpaired) electrons. The van der Waals surface area contributed by atoms with Crippen molar-refractivity contribution in [1.29, 1.82) is 0 Å². The summed E-state index contributed by atoms with van der Waals surface area (Å²) in [7, 11) is 0. The maximum Gasteiger partial charge on any atom is 0.164 e. The van der Waals surface area contributed by atoms with Crippen LogP contribution < -0.4 is 0 Å². The Kier molecular flexibility index (Phi) is 12.9. The quantitative estimate of drug-likeness (QED) is 0.109. The molecule has 0 unspecified atom stereocenters. The van der Waals surface area contributed by atoms with E-state index in [1.54, 1.807) is 13.8 Å². The van der Waals surface area contributed by atoms with Gasteiger partial charge in [0.1, 0.15) is 73.2 Å². The average molecular weight is 1070 g/mol. The van der Waals surface area contributed by atoms with E-state index in [4.69, 9.17) is 76.3 Å². The topological polar surface area (TPSA) is 227 Å². The minimum atomic E-state index is -1.31. The molecule has 0 saturated carbocycles. The third kappa shape index (κ3) is 10.1. The standard InChI is InChI=1S/C57H74N4O16/c1-51(2)64-24-36(67-51)44-48(75-55(9,10)71-44)40-29-17-15-27(58-29)39(47-43(35(63)23-62)70-54(7,8)74-47)28-16-18-30(59-28)41(49-45(72-56(11,12)76-49)37-25-65-52(3,4)68-37)32-20-22-34(61-32)42(33-21-19-31(40)60-33)50-46(73-57(13,14)77-50)38-26-66-53(5,6)69-38/h15-22,35-38,43-50,58-59,62-63H,23-26H2,1-14H3/t35-,36-,37-,38-,43-,44-,45-,46-,47-,48-,49-,50-/m0/s1. The molecule has 3 aromatic heterocycles. The molecular formula is C57H74N4O16. The van der Waals surface area contributed by atoms with Crippen LogP contribution in [0.25, 0.3) is 46.4 Å². The Morgan fingerprint density at radius 2 is 0.727 bits per heavy atom. The number of aliphatic hydroxyl groups is 2. The lowest BCUT2D eigenvalue weighted by Crippen LogP contribution is -2.35. The van der Waals surface area contributed by atoms with E-state index in [0.29, 0.717) is 67.1 Å². The van der Waals surface area contributed by atoms with Crippen molar-refractivity contribution in [2.24, 2.45) is 0 Å². The molecule has 9 aliphatic rings. The SMILES string of the molecule is CC1(C)OC[C@@H]([C@@H]2OC(C)(C)O[C@H]2c2c3nc(c([C@@H]4OC(C)(C)O[C@H]4[C@@H]4COC(C)(C)O4)c4ccc([nH]4)c([C@@H]4OC(C)(C)O[C@H]4[C@@H](O)CO)c4ccc([nH]4)c([C@@H]4OC(C)(C)O[C@H]4[C@@H]4COC(C)(C)O4)c4nc2C=C4)C=C3)O1. The van der Waals surface area contributed by atoms with Crippen LogP contribution >= 0.6 is 0 Å². The van der Waals surface area contributed by atoms with Gasteiger partial charge in [0.05, 0.1) is 49.2 Å². The molecule has 418 valence electrons. The molecule has 0 aliphatic carbocycles. The van der Waals surface area contributed by atoms with Gasteiger partial charge >= 0.3 is 0 Å². The highest BCUT2D eigenvalue weighted by Gasteiger charge is 2.55. The highest BCUT2D eigenvalue weighted by molar-refractivity contribution is 5.84. The first-order chi connectivity index (χ1) is 36.1. The zero-order chi connectivity index (χ0) is 54.6. The molecule has 20 heteroatoms. The molecule has 4 N–H and O–H groups in total. The molecule has 3 aromatic rings. The van der Waals surface area contributed by atoms with Gasteiger partial charge in [0, 0.05) is 44.3 Å². The molecule has 77 heavy (non-hydrogen) atoms. The number of nitrogens with one attached hydrogen (secondary N) is 2. The second-order valence-corrected chi connectivity index (χ2v) is 24.6. The summed E-state index contributed by atoms with van der Waals surface area (Å²) < 4.78 is 92.4. The van der Waals surface area contributed by atoms with Gasteiger partial charge in [-0.15, -0.1) is 0 Å². The van der Waals surface area contributed by atoms with Gasteiger partial charge in [0.15, 0.2) is 40.5 Å². The number of nitrogens with zero attached hydrogens (tertiary/aromatic N) is 2. The minimum Gasteiger partial charge on any atom is -0.394 e. The summed E-state index contributed by atoms with van der Waals surface area (Å²) in [6.07, 6.45) is -1.10. The number of hydrogen-bond donors (Lipinski definition) is 4. The van der Waals surface area contributed by atoms with Crippen LogP contribution in [0.4, 0.5) is 0 Å². The molecule has 0 aromatic carbocycles. The molecule has 0 amide bonds. The van der Waals surface area contributed by atoms with Crippen molar-refractivity contribution in [3.63, 3.8) is 0 Å². The van der Waals surface area contributed by atoms with E-state index in [-0.39, 0.29) is 19.8 Å². The van der Waals surface area contributed by atoms with Crippen LogP contribution in [0, 0.1) is 0 Å². The van der Waals surface area contributed by atoms with Gasteiger partial charge in [0.25, 0.3) is 0 Å². The third-order valence-corrected chi connectivity index (χ3v) is 15.3. The lowest BCUT2D eigenvalue weighted by atomic mass is 9.97. The Morgan fingerprint density at radius 3 is 1.06 bits per heavy atom. The van der Waals surface area contributed by atoms with Gasteiger partial charge in [-0.05, 0) is 146 Å². The molecule has 12 rings (SSSR count). The van der Waals surface area contributed by atoms with Gasteiger partial charge in [0.2, 0.25) is 0 Å². The summed E-state index contributed by atoms with van der Waals surface area (Å²) in [5.74, 6) is -6.88. The molecule has 20 nitrogen and oxygen atoms in total. The molecular weight excluding hydrogens is 997 g/mol. The van der Waals surface area contributed by atoms with Crippen LogP contribution in [0.1, 0.15) is 166 Å². The first kappa shape index (κ1) is 53.6. The summed E-state index contributed by atoms with van der Waals surface area (Å²) in [5, 5.41) is 21.9. The summed E-state index contributed by atoms with van der Waals surface area (Å²) in [4.78, 5) is 18.6. The van der Waals surface area contributed by atoms with Gasteiger partial charge in [-0.2, -0.15) is 0 Å². The zero-order valence-corrected chi connectivity index (χ0v) is 46.4. The Balaban J connectivity index is 1.17. The predicted octanol–water partition coefficient (Wildman–Crippen LogP) is 8.23. The first-order valence-electron chi connectivity index (χ1n) is 26.9. The number of H-pyrrole nitrogens is 2. The third-order valence-electron chi connectivity index (χ3n) is 15.3. The van der Waals surface area contributed by atoms with Crippen LogP contribution in [0.5, 0.6) is 0 Å². The van der Waals surface area contributed by atoms with Crippen LogP contribution in [0.15, 0.2) is 24.3 Å². The minimum absolute atomic E-state index is 0.268. The summed E-state index contributed by atoms with van der Waals surface area (Å²) >= 11 is 0.